The molecule has 0 aliphatic heterocycles. The molecular weight excluding hydrogens is 495 g/mol. The van der Waals surface area contributed by atoms with Gasteiger partial charge in [-0.25, -0.2) is 0 Å². The van der Waals surface area contributed by atoms with Gasteiger partial charge in [0.25, 0.3) is 0 Å². The fourth-order valence-electron chi connectivity index (χ4n) is 2.92. The standard InChI is InChI=1S/C22H38N4O3.HI/c1-6-23-22(25-16-14-21(27)26(7-2)8-3)24-15-13-18-11-12-19(28-9-4)20(17-18)29-10-5;/h11-12,17H,6-10,13-16H2,1-5H3,(H2,23,24,25);1H. The van der Waals surface area contributed by atoms with Crippen molar-refractivity contribution in [2.45, 2.75) is 47.5 Å². The second kappa shape index (κ2) is 17.0. The smallest absolute Gasteiger partial charge is 0.224 e. The summed E-state index contributed by atoms with van der Waals surface area (Å²) in [6.07, 6.45) is 1.25. The van der Waals surface area contributed by atoms with Crippen LogP contribution >= 0.6 is 24.0 Å². The maximum atomic E-state index is 12.1. The monoisotopic (exact) mass is 534 g/mol. The molecule has 1 aromatic rings. The summed E-state index contributed by atoms with van der Waals surface area (Å²) in [6.45, 7) is 14.6. The average molecular weight is 534 g/mol. The Morgan fingerprint density at radius 1 is 1.00 bits per heavy atom. The topological polar surface area (TPSA) is 75.2 Å². The quantitative estimate of drug-likeness (QED) is 0.231. The Bertz CT molecular complexity index is 637. The first-order valence-corrected chi connectivity index (χ1v) is 10.8. The molecule has 0 spiro atoms. The summed E-state index contributed by atoms with van der Waals surface area (Å²) in [4.78, 5) is 18.5. The number of hydrogen-bond acceptors (Lipinski definition) is 4. The lowest BCUT2D eigenvalue weighted by Crippen LogP contribution is -2.38. The highest BCUT2D eigenvalue weighted by atomic mass is 127. The lowest BCUT2D eigenvalue weighted by atomic mass is 10.1. The van der Waals surface area contributed by atoms with Gasteiger partial charge in [0.15, 0.2) is 17.5 Å². The van der Waals surface area contributed by atoms with E-state index in [4.69, 9.17) is 9.47 Å². The summed E-state index contributed by atoms with van der Waals surface area (Å²) in [7, 11) is 0. The molecule has 8 heteroatoms. The molecule has 0 aliphatic rings. The van der Waals surface area contributed by atoms with Crippen molar-refractivity contribution in [2.24, 2.45) is 4.99 Å². The number of amides is 1. The summed E-state index contributed by atoms with van der Waals surface area (Å²) >= 11 is 0. The number of halogens is 1. The molecule has 0 heterocycles. The van der Waals surface area contributed by atoms with Crippen LogP contribution in [-0.4, -0.2) is 62.7 Å². The molecule has 7 nitrogen and oxygen atoms in total. The van der Waals surface area contributed by atoms with Crippen molar-refractivity contribution in [1.29, 1.82) is 0 Å². The number of nitrogens with one attached hydrogen (secondary N) is 2. The van der Waals surface area contributed by atoms with Crippen LogP contribution in [0.25, 0.3) is 0 Å². The van der Waals surface area contributed by atoms with Crippen molar-refractivity contribution in [3.05, 3.63) is 23.8 Å². The second-order valence-corrected chi connectivity index (χ2v) is 6.40. The summed E-state index contributed by atoms with van der Waals surface area (Å²) in [5, 5.41) is 6.56. The zero-order chi connectivity index (χ0) is 21.5. The van der Waals surface area contributed by atoms with Crippen LogP contribution in [0.15, 0.2) is 23.2 Å². The summed E-state index contributed by atoms with van der Waals surface area (Å²) in [6, 6.07) is 6.05. The zero-order valence-corrected chi connectivity index (χ0v) is 21.5. The van der Waals surface area contributed by atoms with Crippen molar-refractivity contribution in [1.82, 2.24) is 15.5 Å². The highest BCUT2D eigenvalue weighted by molar-refractivity contribution is 14.0. The minimum absolute atomic E-state index is 0. The first-order valence-electron chi connectivity index (χ1n) is 10.8. The number of carbonyl (C=O) groups is 1. The van der Waals surface area contributed by atoms with E-state index in [1.165, 1.54) is 0 Å². The van der Waals surface area contributed by atoms with E-state index in [-0.39, 0.29) is 29.9 Å². The molecule has 0 saturated heterocycles. The Labute approximate surface area is 199 Å². The molecular formula is C22H39IN4O3. The van der Waals surface area contributed by atoms with Gasteiger partial charge in [-0.05, 0) is 58.7 Å². The van der Waals surface area contributed by atoms with Crippen molar-refractivity contribution < 1.29 is 14.3 Å². The number of hydrogen-bond donors (Lipinski definition) is 2. The predicted octanol–water partition coefficient (Wildman–Crippen LogP) is 3.46. The fraction of sp³-hybridized carbons (Fsp3) is 0.636. The first-order chi connectivity index (χ1) is 14.1. The number of aliphatic imine (C=N–C) groups is 1. The van der Waals surface area contributed by atoms with Crippen LogP contribution < -0.4 is 20.1 Å². The van der Waals surface area contributed by atoms with Crippen molar-refractivity contribution in [3.63, 3.8) is 0 Å². The number of benzene rings is 1. The average Bonchev–Trinajstić information content (AvgIpc) is 2.71. The first kappa shape index (κ1) is 28.3. The molecule has 0 radical (unpaired) electrons. The van der Waals surface area contributed by atoms with E-state index in [1.807, 2.05) is 51.7 Å². The largest absolute Gasteiger partial charge is 0.490 e. The van der Waals surface area contributed by atoms with E-state index in [9.17, 15) is 4.79 Å². The molecule has 0 atom stereocenters. The fourth-order valence-corrected chi connectivity index (χ4v) is 2.92. The minimum atomic E-state index is 0. The lowest BCUT2D eigenvalue weighted by Gasteiger charge is -2.18. The highest BCUT2D eigenvalue weighted by Gasteiger charge is 2.09. The Kier molecular flexibility index (Phi) is 16.0. The summed E-state index contributed by atoms with van der Waals surface area (Å²) < 4.78 is 11.3. The number of rotatable bonds is 13. The minimum Gasteiger partial charge on any atom is -0.490 e. The van der Waals surface area contributed by atoms with Crippen molar-refractivity contribution in [3.8, 4) is 11.5 Å². The molecule has 0 unspecified atom stereocenters. The van der Waals surface area contributed by atoms with Crippen molar-refractivity contribution in [2.75, 3.05) is 45.9 Å². The lowest BCUT2D eigenvalue weighted by molar-refractivity contribution is -0.130. The van der Waals surface area contributed by atoms with Crippen LogP contribution in [0.1, 0.15) is 46.6 Å². The molecule has 2 N–H and O–H groups in total. The molecule has 1 rings (SSSR count). The van der Waals surface area contributed by atoms with E-state index in [1.54, 1.807) is 0 Å². The molecule has 0 aromatic heterocycles. The summed E-state index contributed by atoms with van der Waals surface area (Å²) in [5.41, 5.74) is 1.16. The van der Waals surface area contributed by atoms with Gasteiger partial charge in [-0.2, -0.15) is 0 Å². The van der Waals surface area contributed by atoms with Gasteiger partial charge in [0, 0.05) is 32.6 Å². The molecule has 0 bridgehead atoms. The normalized spacial score (nSPS) is 10.8. The molecule has 1 amide bonds. The molecule has 0 aliphatic carbocycles. The van der Waals surface area contributed by atoms with Crippen LogP contribution in [-0.2, 0) is 11.2 Å². The van der Waals surface area contributed by atoms with Crippen LogP contribution in [0, 0.1) is 0 Å². The molecule has 172 valence electrons. The van der Waals surface area contributed by atoms with Gasteiger partial charge in [-0.3, -0.25) is 9.79 Å². The zero-order valence-electron chi connectivity index (χ0n) is 19.1. The molecule has 0 fully saturated rings. The van der Waals surface area contributed by atoms with E-state index in [0.29, 0.717) is 26.2 Å². The van der Waals surface area contributed by atoms with E-state index >= 15 is 0 Å². The van der Waals surface area contributed by atoms with E-state index < -0.39 is 0 Å². The van der Waals surface area contributed by atoms with Gasteiger partial charge in [-0.1, -0.05) is 6.07 Å². The second-order valence-electron chi connectivity index (χ2n) is 6.40. The molecule has 1 aromatic carbocycles. The maximum Gasteiger partial charge on any atom is 0.224 e. The third-order valence-corrected chi connectivity index (χ3v) is 4.37. The van der Waals surface area contributed by atoms with Crippen LogP contribution in [0.5, 0.6) is 11.5 Å². The number of guanidine groups is 1. The molecule has 30 heavy (non-hydrogen) atoms. The predicted molar refractivity (Wildman–Crippen MR) is 134 cm³/mol. The van der Waals surface area contributed by atoms with Crippen LogP contribution in [0.2, 0.25) is 0 Å². The Morgan fingerprint density at radius 3 is 2.27 bits per heavy atom. The van der Waals surface area contributed by atoms with Gasteiger partial charge in [0.1, 0.15) is 0 Å². The SMILES string of the molecule is CCNC(=NCCC(=O)N(CC)CC)NCCc1ccc(OCC)c(OCC)c1.I. The van der Waals surface area contributed by atoms with Crippen LogP contribution in [0.4, 0.5) is 0 Å². The maximum absolute atomic E-state index is 12.1. The van der Waals surface area contributed by atoms with Gasteiger partial charge in [-0.15, -0.1) is 24.0 Å². The molecule has 0 saturated carbocycles. The van der Waals surface area contributed by atoms with E-state index in [0.717, 1.165) is 55.6 Å². The van der Waals surface area contributed by atoms with Gasteiger partial charge in [0.2, 0.25) is 5.91 Å². The summed E-state index contributed by atoms with van der Waals surface area (Å²) in [5.74, 6) is 2.43. The van der Waals surface area contributed by atoms with Gasteiger partial charge >= 0.3 is 0 Å². The van der Waals surface area contributed by atoms with Gasteiger partial charge in [0.05, 0.1) is 19.8 Å². The highest BCUT2D eigenvalue weighted by Crippen LogP contribution is 2.28. The van der Waals surface area contributed by atoms with Crippen LogP contribution in [0.3, 0.4) is 0 Å². The van der Waals surface area contributed by atoms with E-state index in [2.05, 4.69) is 21.7 Å². The third-order valence-electron chi connectivity index (χ3n) is 4.37. The van der Waals surface area contributed by atoms with Crippen molar-refractivity contribution >= 4 is 35.8 Å². The Hall–Kier alpha value is -1.71. The van der Waals surface area contributed by atoms with Gasteiger partial charge < -0.3 is 25.0 Å². The number of carbonyl (C=O) groups excluding carboxylic acids is 1. The number of ether oxygens (including phenoxy) is 2. The third kappa shape index (κ3) is 10.4. The Balaban J connectivity index is 0.00000841. The Morgan fingerprint density at radius 2 is 1.67 bits per heavy atom. The number of nitrogens with zero attached hydrogens (tertiary/aromatic N) is 2.